The van der Waals surface area contributed by atoms with Gasteiger partial charge in [-0.2, -0.15) is 5.10 Å². The summed E-state index contributed by atoms with van der Waals surface area (Å²) < 4.78 is 2.68. The lowest BCUT2D eigenvalue weighted by atomic mass is 10.1. The van der Waals surface area contributed by atoms with Crippen molar-refractivity contribution < 1.29 is 9.59 Å². The lowest BCUT2D eigenvalue weighted by molar-refractivity contribution is -0.126. The lowest BCUT2D eigenvalue weighted by Gasteiger charge is -2.17. The van der Waals surface area contributed by atoms with E-state index in [1.165, 1.54) is 0 Å². The molecule has 1 saturated heterocycles. The van der Waals surface area contributed by atoms with Gasteiger partial charge in [-0.3, -0.25) is 9.59 Å². The van der Waals surface area contributed by atoms with E-state index in [-0.39, 0.29) is 24.2 Å². The van der Waals surface area contributed by atoms with Crippen molar-refractivity contribution in [1.82, 2.24) is 14.9 Å². The third kappa shape index (κ3) is 3.35. The molecule has 1 N–H and O–H groups in total. The Kier molecular flexibility index (Phi) is 4.46. The molecule has 0 bridgehead atoms. The van der Waals surface area contributed by atoms with E-state index < -0.39 is 0 Å². The van der Waals surface area contributed by atoms with E-state index in [9.17, 15) is 9.59 Å². The number of amides is 2. The summed E-state index contributed by atoms with van der Waals surface area (Å²) in [5.41, 5.74) is 2.58. The minimum Gasteiger partial charge on any atom is -0.350 e. The van der Waals surface area contributed by atoms with Gasteiger partial charge >= 0.3 is 0 Å². The third-order valence-corrected chi connectivity index (χ3v) is 4.97. The number of aromatic nitrogens is 2. The molecule has 0 aliphatic carbocycles. The van der Waals surface area contributed by atoms with E-state index >= 15 is 0 Å². The van der Waals surface area contributed by atoms with Crippen molar-refractivity contribution in [2.24, 2.45) is 5.92 Å². The Morgan fingerprint density at radius 1 is 1.23 bits per heavy atom. The number of hydrogen-bond acceptors (Lipinski definition) is 3. The third-order valence-electron chi connectivity index (χ3n) is 4.48. The summed E-state index contributed by atoms with van der Waals surface area (Å²) in [6.45, 7) is 0.744. The van der Waals surface area contributed by atoms with Crippen molar-refractivity contribution in [3.05, 3.63) is 64.9 Å². The Hall–Kier alpha value is -2.67. The van der Waals surface area contributed by atoms with Crippen LogP contribution in [-0.4, -0.2) is 28.0 Å². The lowest BCUT2D eigenvalue weighted by Crippen LogP contribution is -2.32. The molecule has 7 heteroatoms. The molecule has 1 aliphatic rings. The molecule has 2 aromatic heterocycles. The van der Waals surface area contributed by atoms with Gasteiger partial charge in [0.2, 0.25) is 11.8 Å². The maximum Gasteiger partial charge on any atom is 0.227 e. The van der Waals surface area contributed by atoms with Gasteiger partial charge in [0.05, 0.1) is 23.7 Å². The van der Waals surface area contributed by atoms with Crippen molar-refractivity contribution in [3.8, 4) is 0 Å². The zero-order chi connectivity index (χ0) is 18.1. The number of pyridine rings is 1. The summed E-state index contributed by atoms with van der Waals surface area (Å²) in [5.74, 6) is -0.498. The zero-order valence-corrected chi connectivity index (χ0v) is 15.5. The highest BCUT2D eigenvalue weighted by Gasteiger charge is 2.35. The number of carbonyl (C=O) groups excluding carboxylic acids is 2. The minimum atomic E-state index is -0.349. The number of fused-ring (bicyclic) bond motifs is 1. The molecular formula is C19H17BrN4O2. The van der Waals surface area contributed by atoms with Crippen molar-refractivity contribution in [2.75, 3.05) is 11.4 Å². The highest BCUT2D eigenvalue weighted by Crippen LogP contribution is 2.27. The van der Waals surface area contributed by atoms with E-state index in [0.717, 1.165) is 21.4 Å². The summed E-state index contributed by atoms with van der Waals surface area (Å²) in [6.07, 6.45) is 2.09. The summed E-state index contributed by atoms with van der Waals surface area (Å²) in [7, 11) is 0. The van der Waals surface area contributed by atoms with E-state index in [1.54, 1.807) is 9.42 Å². The number of halogens is 1. The fourth-order valence-electron chi connectivity index (χ4n) is 3.18. The Labute approximate surface area is 158 Å². The van der Waals surface area contributed by atoms with Crippen LogP contribution in [-0.2, 0) is 16.1 Å². The molecule has 1 atom stereocenters. The first kappa shape index (κ1) is 16.8. The number of carbonyl (C=O) groups is 2. The van der Waals surface area contributed by atoms with Gasteiger partial charge in [0.1, 0.15) is 0 Å². The van der Waals surface area contributed by atoms with Crippen LogP contribution in [0.2, 0.25) is 0 Å². The normalized spacial score (nSPS) is 17.0. The molecule has 6 nitrogen and oxygen atoms in total. The van der Waals surface area contributed by atoms with Gasteiger partial charge in [0, 0.05) is 29.3 Å². The van der Waals surface area contributed by atoms with Gasteiger partial charge in [-0.05, 0) is 36.4 Å². The number of hydrogen-bond donors (Lipinski definition) is 1. The molecule has 1 fully saturated rings. The molecule has 3 aromatic rings. The van der Waals surface area contributed by atoms with E-state index in [1.807, 2.05) is 54.7 Å². The summed E-state index contributed by atoms with van der Waals surface area (Å²) in [5, 5.41) is 7.32. The molecule has 1 aliphatic heterocycles. The molecular weight excluding hydrogens is 396 g/mol. The first-order chi connectivity index (χ1) is 12.6. The quantitative estimate of drug-likeness (QED) is 0.716. The van der Waals surface area contributed by atoms with Crippen LogP contribution in [0.25, 0.3) is 5.52 Å². The van der Waals surface area contributed by atoms with Gasteiger partial charge in [-0.1, -0.05) is 28.1 Å². The second kappa shape index (κ2) is 6.92. The van der Waals surface area contributed by atoms with Crippen LogP contribution < -0.4 is 10.2 Å². The van der Waals surface area contributed by atoms with Crippen LogP contribution in [0.3, 0.4) is 0 Å². The largest absolute Gasteiger partial charge is 0.350 e. The average molecular weight is 413 g/mol. The maximum absolute atomic E-state index is 12.5. The van der Waals surface area contributed by atoms with Gasteiger partial charge in [0.15, 0.2) is 0 Å². The number of benzene rings is 1. The van der Waals surface area contributed by atoms with Gasteiger partial charge in [0.25, 0.3) is 0 Å². The van der Waals surface area contributed by atoms with Crippen LogP contribution in [0.15, 0.2) is 59.2 Å². The van der Waals surface area contributed by atoms with Gasteiger partial charge in [-0.15, -0.1) is 0 Å². The Bertz CT molecular complexity index is 951. The number of nitrogens with one attached hydrogen (secondary N) is 1. The summed E-state index contributed by atoms with van der Waals surface area (Å²) in [6, 6.07) is 15.3. The van der Waals surface area contributed by atoms with Crippen LogP contribution in [0, 0.1) is 5.92 Å². The predicted octanol–water partition coefficient (Wildman–Crippen LogP) is 2.77. The topological polar surface area (TPSA) is 66.7 Å². The highest BCUT2D eigenvalue weighted by atomic mass is 79.9. The van der Waals surface area contributed by atoms with Crippen molar-refractivity contribution in [3.63, 3.8) is 0 Å². The predicted molar refractivity (Wildman–Crippen MR) is 102 cm³/mol. The monoisotopic (exact) mass is 412 g/mol. The Morgan fingerprint density at radius 2 is 2.12 bits per heavy atom. The second-order valence-corrected chi connectivity index (χ2v) is 7.22. The smallest absolute Gasteiger partial charge is 0.227 e. The van der Waals surface area contributed by atoms with Crippen molar-refractivity contribution in [1.29, 1.82) is 0 Å². The number of rotatable bonds is 4. The van der Waals surface area contributed by atoms with Crippen LogP contribution in [0.4, 0.5) is 5.69 Å². The van der Waals surface area contributed by atoms with Crippen molar-refractivity contribution in [2.45, 2.75) is 13.0 Å². The van der Waals surface area contributed by atoms with E-state index in [0.29, 0.717) is 13.1 Å². The molecule has 0 radical (unpaired) electrons. The molecule has 0 saturated carbocycles. The van der Waals surface area contributed by atoms with Crippen LogP contribution >= 0.6 is 15.9 Å². The van der Waals surface area contributed by atoms with Gasteiger partial charge < -0.3 is 10.2 Å². The molecule has 3 heterocycles. The van der Waals surface area contributed by atoms with E-state index in [2.05, 4.69) is 26.3 Å². The van der Waals surface area contributed by atoms with Crippen LogP contribution in [0.1, 0.15) is 12.1 Å². The van der Waals surface area contributed by atoms with E-state index in [4.69, 9.17) is 0 Å². The Balaban J connectivity index is 1.40. The fourth-order valence-corrected chi connectivity index (χ4v) is 3.56. The zero-order valence-electron chi connectivity index (χ0n) is 13.9. The molecule has 26 heavy (non-hydrogen) atoms. The number of nitrogens with zero attached hydrogens (tertiary/aromatic N) is 3. The molecule has 4 rings (SSSR count). The molecule has 2 amide bonds. The SMILES string of the molecule is O=C(NCc1cc2ccccn2n1)C1CC(=O)N(c2cccc(Br)c2)C1. The number of anilines is 1. The second-order valence-electron chi connectivity index (χ2n) is 6.31. The summed E-state index contributed by atoms with van der Waals surface area (Å²) in [4.78, 5) is 26.5. The first-order valence-electron chi connectivity index (χ1n) is 8.37. The first-order valence-corrected chi connectivity index (χ1v) is 9.16. The van der Waals surface area contributed by atoms with Crippen molar-refractivity contribution >= 4 is 38.9 Å². The highest BCUT2D eigenvalue weighted by molar-refractivity contribution is 9.10. The molecule has 132 valence electrons. The maximum atomic E-state index is 12.5. The molecule has 0 spiro atoms. The minimum absolute atomic E-state index is 0.0315. The standard InChI is InChI=1S/C19H17BrN4O2/c20-14-4-3-6-16(9-14)23-12-13(8-18(23)25)19(26)21-11-15-10-17-5-1-2-7-24(17)22-15/h1-7,9-10,13H,8,11-12H2,(H,21,26). The van der Waals surface area contributed by atoms with Gasteiger partial charge in [-0.25, -0.2) is 4.52 Å². The molecule has 1 aromatic carbocycles. The van der Waals surface area contributed by atoms with Crippen LogP contribution in [0.5, 0.6) is 0 Å². The summed E-state index contributed by atoms with van der Waals surface area (Å²) >= 11 is 3.41. The fraction of sp³-hybridized carbons (Fsp3) is 0.211. The average Bonchev–Trinajstić information content (AvgIpc) is 3.22. The molecule has 1 unspecified atom stereocenters. The Morgan fingerprint density at radius 3 is 2.92 bits per heavy atom.